The first-order chi connectivity index (χ1) is 9.58. The molecule has 1 saturated carbocycles. The number of aromatic nitrogens is 1. The van der Waals surface area contributed by atoms with Crippen molar-refractivity contribution in [3.8, 4) is 0 Å². The molecule has 1 aromatic heterocycles. The summed E-state index contributed by atoms with van der Waals surface area (Å²) >= 11 is 1.46. The molecule has 0 saturated heterocycles. The van der Waals surface area contributed by atoms with Crippen LogP contribution in [0.25, 0.3) is 0 Å². The third kappa shape index (κ3) is 3.83. The van der Waals surface area contributed by atoms with E-state index in [1.165, 1.54) is 11.3 Å². The number of nitrogens with one attached hydrogen (secondary N) is 1. The highest BCUT2D eigenvalue weighted by atomic mass is 32.1. The quantitative estimate of drug-likeness (QED) is 0.480. The summed E-state index contributed by atoms with van der Waals surface area (Å²) in [5, 5.41) is 5.89. The van der Waals surface area contributed by atoms with E-state index in [4.69, 9.17) is 17.2 Å². The van der Waals surface area contributed by atoms with Crippen LogP contribution in [0.3, 0.4) is 0 Å². The topological polar surface area (TPSA) is 128 Å². The van der Waals surface area contributed by atoms with Crippen LogP contribution in [0.2, 0.25) is 0 Å². The Balaban J connectivity index is 2.01. The molecule has 0 aromatic carbocycles. The second-order valence-electron chi connectivity index (χ2n) is 4.91. The van der Waals surface area contributed by atoms with Crippen LogP contribution < -0.4 is 22.5 Å². The molecule has 20 heavy (non-hydrogen) atoms. The van der Waals surface area contributed by atoms with Gasteiger partial charge in [0.25, 0.3) is 0 Å². The predicted octanol–water partition coefficient (Wildman–Crippen LogP) is 0.608. The van der Waals surface area contributed by atoms with Crippen molar-refractivity contribution in [1.82, 2.24) is 10.3 Å². The maximum absolute atomic E-state index is 5.73. The molecule has 1 fully saturated rings. The lowest BCUT2D eigenvalue weighted by atomic mass is 9.84. The second-order valence-corrected chi connectivity index (χ2v) is 5.74. The maximum atomic E-state index is 5.73. The van der Waals surface area contributed by atoms with Crippen molar-refractivity contribution in [2.24, 2.45) is 27.2 Å². The van der Waals surface area contributed by atoms with Crippen molar-refractivity contribution in [1.29, 1.82) is 0 Å². The van der Waals surface area contributed by atoms with Crippen LogP contribution in [-0.2, 0) is 0 Å². The van der Waals surface area contributed by atoms with Gasteiger partial charge < -0.3 is 22.5 Å². The molecule has 1 aliphatic carbocycles. The van der Waals surface area contributed by atoms with Crippen LogP contribution in [0.15, 0.2) is 15.4 Å². The van der Waals surface area contributed by atoms with Gasteiger partial charge in [-0.05, 0) is 19.3 Å². The third-order valence-electron chi connectivity index (χ3n) is 3.42. The van der Waals surface area contributed by atoms with Crippen LogP contribution >= 0.6 is 11.3 Å². The first-order valence-electron chi connectivity index (χ1n) is 6.62. The van der Waals surface area contributed by atoms with Crippen LogP contribution in [-0.4, -0.2) is 30.0 Å². The van der Waals surface area contributed by atoms with Gasteiger partial charge in [-0.3, -0.25) is 4.99 Å². The molecule has 0 amide bonds. The average Bonchev–Trinajstić information content (AvgIpc) is 2.86. The molecule has 1 aliphatic rings. The molecule has 7 nitrogen and oxygen atoms in total. The summed E-state index contributed by atoms with van der Waals surface area (Å²) in [6, 6.07) is 0.352. The van der Waals surface area contributed by atoms with Gasteiger partial charge in [-0.15, -0.1) is 11.3 Å². The van der Waals surface area contributed by atoms with Crippen molar-refractivity contribution in [3.63, 3.8) is 0 Å². The fourth-order valence-electron chi connectivity index (χ4n) is 2.49. The molecular weight excluding hydrogens is 274 g/mol. The summed E-state index contributed by atoms with van der Waals surface area (Å²) in [6.07, 6.45) is 4.39. The smallest absolute Gasteiger partial charge is 0.212 e. The van der Waals surface area contributed by atoms with Gasteiger partial charge in [-0.1, -0.05) is 6.42 Å². The fraction of sp³-hybridized carbons (Fsp3) is 0.583. The van der Waals surface area contributed by atoms with E-state index in [9.17, 15) is 0 Å². The van der Waals surface area contributed by atoms with Crippen molar-refractivity contribution in [3.05, 3.63) is 11.1 Å². The van der Waals surface area contributed by atoms with Gasteiger partial charge in [0.2, 0.25) is 5.13 Å². The minimum absolute atomic E-state index is 0.0426. The SMILES string of the molecule is CN=C(N)NC1CCCC(c2csc(N=C(N)N)n2)C1. The first kappa shape index (κ1) is 14.6. The lowest BCUT2D eigenvalue weighted by molar-refractivity contribution is 0.366. The summed E-state index contributed by atoms with van der Waals surface area (Å²) in [7, 11) is 1.69. The van der Waals surface area contributed by atoms with E-state index in [-0.39, 0.29) is 5.96 Å². The summed E-state index contributed by atoms with van der Waals surface area (Å²) in [5.41, 5.74) is 17.5. The Morgan fingerprint density at radius 2 is 2.20 bits per heavy atom. The van der Waals surface area contributed by atoms with Crippen molar-refractivity contribution < 1.29 is 0 Å². The van der Waals surface area contributed by atoms with Gasteiger partial charge in [0.05, 0.1) is 5.69 Å². The van der Waals surface area contributed by atoms with Gasteiger partial charge >= 0.3 is 0 Å². The van der Waals surface area contributed by atoms with Crippen LogP contribution in [0.4, 0.5) is 5.13 Å². The standard InChI is InChI=1S/C12H21N7S/c1-16-11(15)17-8-4-2-3-7(5-8)9-6-20-12(18-9)19-10(13)14/h6-8H,2-5H2,1H3,(H3,15,16,17)(H4,13,14,18,19). The Hall–Kier alpha value is -1.83. The summed E-state index contributed by atoms with van der Waals surface area (Å²) in [4.78, 5) is 12.4. The van der Waals surface area contributed by atoms with Crippen LogP contribution in [0.1, 0.15) is 37.3 Å². The average molecular weight is 295 g/mol. The Bertz CT molecular complexity index is 504. The molecular formula is C12H21N7S. The Labute approximate surface area is 122 Å². The number of nitrogens with two attached hydrogens (primary N) is 3. The minimum atomic E-state index is 0.0426. The zero-order valence-electron chi connectivity index (χ0n) is 11.5. The van der Waals surface area contributed by atoms with Gasteiger partial charge in [0.15, 0.2) is 11.9 Å². The maximum Gasteiger partial charge on any atom is 0.212 e. The molecule has 110 valence electrons. The molecule has 8 heteroatoms. The molecule has 1 aromatic rings. The number of hydrogen-bond donors (Lipinski definition) is 4. The van der Waals surface area contributed by atoms with Crippen LogP contribution in [0.5, 0.6) is 0 Å². The summed E-state index contributed by atoms with van der Waals surface area (Å²) in [6.45, 7) is 0. The number of aliphatic imine (C=N–C) groups is 2. The zero-order chi connectivity index (χ0) is 14.5. The Kier molecular flexibility index (Phi) is 4.78. The normalized spacial score (nSPS) is 23.4. The molecule has 0 aliphatic heterocycles. The highest BCUT2D eigenvalue weighted by Crippen LogP contribution is 2.34. The molecule has 0 radical (unpaired) electrons. The first-order valence-corrected chi connectivity index (χ1v) is 7.50. The number of thiazole rings is 1. The van der Waals surface area contributed by atoms with Crippen molar-refractivity contribution in [2.45, 2.75) is 37.6 Å². The third-order valence-corrected chi connectivity index (χ3v) is 4.17. The molecule has 0 spiro atoms. The van der Waals surface area contributed by atoms with Crippen molar-refractivity contribution >= 4 is 28.4 Å². The van der Waals surface area contributed by atoms with E-state index in [0.717, 1.165) is 31.4 Å². The summed E-state index contributed by atoms with van der Waals surface area (Å²) < 4.78 is 0. The number of rotatable bonds is 3. The Morgan fingerprint density at radius 1 is 1.40 bits per heavy atom. The molecule has 2 atom stereocenters. The lowest BCUT2D eigenvalue weighted by Crippen LogP contribution is -2.42. The van der Waals surface area contributed by atoms with Crippen molar-refractivity contribution in [2.75, 3.05) is 7.05 Å². The van der Waals surface area contributed by atoms with E-state index in [2.05, 4.69) is 20.3 Å². The highest BCUT2D eigenvalue weighted by Gasteiger charge is 2.25. The van der Waals surface area contributed by atoms with E-state index in [1.54, 1.807) is 7.05 Å². The van der Waals surface area contributed by atoms with E-state index in [0.29, 0.717) is 23.1 Å². The number of hydrogen-bond acceptors (Lipinski definition) is 4. The van der Waals surface area contributed by atoms with E-state index in [1.807, 2.05) is 5.38 Å². The number of guanidine groups is 2. The second kappa shape index (κ2) is 6.56. The van der Waals surface area contributed by atoms with Gasteiger partial charge in [0.1, 0.15) is 0 Å². The summed E-state index contributed by atoms with van der Waals surface area (Å²) in [5.74, 6) is 0.959. The predicted molar refractivity (Wildman–Crippen MR) is 83.3 cm³/mol. The molecule has 2 rings (SSSR count). The minimum Gasteiger partial charge on any atom is -0.370 e. The molecule has 1 heterocycles. The largest absolute Gasteiger partial charge is 0.370 e. The van der Waals surface area contributed by atoms with Crippen LogP contribution in [0, 0.1) is 0 Å². The highest BCUT2D eigenvalue weighted by molar-refractivity contribution is 7.13. The van der Waals surface area contributed by atoms with Gasteiger partial charge in [-0.25, -0.2) is 4.98 Å². The van der Waals surface area contributed by atoms with Gasteiger partial charge in [-0.2, -0.15) is 4.99 Å². The Morgan fingerprint density at radius 3 is 2.90 bits per heavy atom. The fourth-order valence-corrected chi connectivity index (χ4v) is 3.28. The monoisotopic (exact) mass is 295 g/mol. The van der Waals surface area contributed by atoms with Gasteiger partial charge in [0, 0.05) is 24.4 Å². The van der Waals surface area contributed by atoms with E-state index >= 15 is 0 Å². The lowest BCUT2D eigenvalue weighted by Gasteiger charge is -2.29. The van der Waals surface area contributed by atoms with E-state index < -0.39 is 0 Å². The molecule has 7 N–H and O–H groups in total. The number of nitrogens with zero attached hydrogens (tertiary/aromatic N) is 3. The molecule has 2 unspecified atom stereocenters. The molecule has 0 bridgehead atoms. The zero-order valence-corrected chi connectivity index (χ0v) is 12.4.